The lowest BCUT2D eigenvalue weighted by Gasteiger charge is -2.27. The van der Waals surface area contributed by atoms with Gasteiger partial charge in [0.2, 0.25) is 0 Å². The highest BCUT2D eigenvalue weighted by molar-refractivity contribution is 6.30. The predicted molar refractivity (Wildman–Crippen MR) is 108 cm³/mol. The molecule has 0 unspecified atom stereocenters. The third-order valence-electron chi connectivity index (χ3n) is 4.97. The molecule has 150 valence electrons. The van der Waals surface area contributed by atoms with Gasteiger partial charge in [0.1, 0.15) is 5.69 Å². The molecule has 2 heterocycles. The molecule has 0 atom stereocenters. The first-order chi connectivity index (χ1) is 14.0. The monoisotopic (exact) mass is 416 g/mol. The molecule has 0 saturated heterocycles. The second-order valence-corrected chi connectivity index (χ2v) is 7.23. The molecule has 2 aromatic carbocycles. The van der Waals surface area contributed by atoms with E-state index in [1.807, 2.05) is 31.2 Å². The van der Waals surface area contributed by atoms with Crippen molar-refractivity contribution in [2.75, 3.05) is 22.9 Å². The number of aromatic nitrogens is 2. The molecule has 0 saturated carbocycles. The molecule has 0 spiro atoms. The zero-order chi connectivity index (χ0) is 20.5. The smallest absolute Gasteiger partial charge is 0.276 e. The van der Waals surface area contributed by atoms with Crippen LogP contribution in [0.25, 0.3) is 0 Å². The molecule has 8 heteroatoms. The number of fused-ring (bicyclic) bond motifs is 1. The first-order valence-corrected chi connectivity index (χ1v) is 9.68. The number of carbonyl (C=O) groups is 1. The molecule has 0 aliphatic carbocycles. The van der Waals surface area contributed by atoms with E-state index in [0.717, 1.165) is 30.1 Å². The average Bonchev–Trinajstić information content (AvgIpc) is 3.13. The Bertz CT molecular complexity index is 1050. The molecule has 5 nitrogen and oxygen atoms in total. The maximum absolute atomic E-state index is 13.6. The number of hydrogen-bond acceptors (Lipinski definition) is 3. The van der Waals surface area contributed by atoms with Crippen LogP contribution in [-0.4, -0.2) is 28.8 Å². The van der Waals surface area contributed by atoms with Gasteiger partial charge >= 0.3 is 0 Å². The molecular formula is C21H19ClF2N4O. The fraction of sp³-hybridized carbons (Fsp3) is 0.238. The molecule has 0 radical (unpaired) electrons. The first kappa shape index (κ1) is 19.4. The average molecular weight is 417 g/mol. The Morgan fingerprint density at radius 1 is 1.07 bits per heavy atom. The van der Waals surface area contributed by atoms with E-state index in [1.54, 1.807) is 10.7 Å². The summed E-state index contributed by atoms with van der Waals surface area (Å²) in [4.78, 5) is 16.5. The summed E-state index contributed by atoms with van der Waals surface area (Å²) in [6.45, 7) is 4.16. The summed E-state index contributed by atoms with van der Waals surface area (Å²) < 4.78 is 28.5. The van der Waals surface area contributed by atoms with E-state index >= 15 is 0 Å². The Morgan fingerprint density at radius 2 is 1.83 bits per heavy atom. The van der Waals surface area contributed by atoms with Gasteiger partial charge < -0.3 is 9.80 Å². The third-order valence-corrected chi connectivity index (χ3v) is 5.22. The van der Waals surface area contributed by atoms with Gasteiger partial charge in [-0.05, 0) is 49.4 Å². The molecule has 0 fully saturated rings. The van der Waals surface area contributed by atoms with Crippen molar-refractivity contribution < 1.29 is 13.6 Å². The highest BCUT2D eigenvalue weighted by Crippen LogP contribution is 2.25. The first-order valence-electron chi connectivity index (χ1n) is 9.30. The third kappa shape index (κ3) is 3.82. The van der Waals surface area contributed by atoms with Crippen LogP contribution in [0.15, 0.2) is 48.5 Å². The molecule has 1 amide bonds. The van der Waals surface area contributed by atoms with E-state index in [-0.39, 0.29) is 5.91 Å². The number of halogens is 3. The minimum atomic E-state index is -0.975. The topological polar surface area (TPSA) is 41.4 Å². The second kappa shape index (κ2) is 7.83. The van der Waals surface area contributed by atoms with Crippen LogP contribution >= 0.6 is 11.6 Å². The van der Waals surface area contributed by atoms with E-state index in [1.165, 1.54) is 11.0 Å². The fourth-order valence-electron chi connectivity index (χ4n) is 3.46. The molecule has 0 N–H and O–H groups in total. The van der Waals surface area contributed by atoms with Crippen LogP contribution in [0.2, 0.25) is 5.02 Å². The molecule has 1 aromatic heterocycles. The minimum Gasteiger partial charge on any atom is -0.366 e. The maximum atomic E-state index is 13.6. The zero-order valence-corrected chi connectivity index (χ0v) is 16.5. The van der Waals surface area contributed by atoms with Crippen molar-refractivity contribution in [3.63, 3.8) is 0 Å². The predicted octanol–water partition coefficient (Wildman–Crippen LogP) is 4.50. The zero-order valence-electron chi connectivity index (χ0n) is 15.8. The lowest BCUT2D eigenvalue weighted by molar-refractivity contribution is 0.0962. The lowest BCUT2D eigenvalue weighted by Crippen LogP contribution is -2.40. The van der Waals surface area contributed by atoms with Crippen LogP contribution in [0.4, 0.5) is 20.2 Å². The van der Waals surface area contributed by atoms with Crippen LogP contribution in [0.3, 0.4) is 0 Å². The van der Waals surface area contributed by atoms with Gasteiger partial charge in [-0.1, -0.05) is 11.6 Å². The Labute approximate surface area is 172 Å². The number of hydrogen-bond donors (Lipinski definition) is 0. The van der Waals surface area contributed by atoms with Crippen LogP contribution in [0, 0.1) is 11.6 Å². The van der Waals surface area contributed by atoms with Crippen molar-refractivity contribution in [1.82, 2.24) is 9.78 Å². The van der Waals surface area contributed by atoms with Crippen LogP contribution in [0.5, 0.6) is 0 Å². The molecular weight excluding hydrogens is 398 g/mol. The van der Waals surface area contributed by atoms with Gasteiger partial charge in [0.25, 0.3) is 5.91 Å². The molecule has 1 aliphatic heterocycles. The molecule has 3 aromatic rings. The van der Waals surface area contributed by atoms with Gasteiger partial charge in [0, 0.05) is 35.6 Å². The quantitative estimate of drug-likeness (QED) is 0.615. The summed E-state index contributed by atoms with van der Waals surface area (Å²) in [5.74, 6) is -2.19. The van der Waals surface area contributed by atoms with E-state index in [9.17, 15) is 13.6 Å². The van der Waals surface area contributed by atoms with Crippen molar-refractivity contribution >= 4 is 28.9 Å². The summed E-state index contributed by atoms with van der Waals surface area (Å²) in [6, 6.07) is 12.8. The van der Waals surface area contributed by atoms with Gasteiger partial charge in [0.05, 0.1) is 18.8 Å². The van der Waals surface area contributed by atoms with Gasteiger partial charge in [-0.3, -0.25) is 9.48 Å². The van der Waals surface area contributed by atoms with E-state index in [4.69, 9.17) is 11.6 Å². The highest BCUT2D eigenvalue weighted by atomic mass is 35.5. The van der Waals surface area contributed by atoms with Gasteiger partial charge in [-0.15, -0.1) is 0 Å². The standard InChI is InChI=1S/C21H19ClF2N4O/c1-2-26(16-5-3-14(22)4-6-16)13-15-11-20-21(29)27(9-10-28(20)25-15)17-7-8-18(23)19(24)12-17/h3-8,11-12H,2,9-10,13H2,1H3. The number of anilines is 2. The Balaban J connectivity index is 1.56. The number of carbonyl (C=O) groups excluding carboxylic acids is 1. The van der Waals surface area contributed by atoms with Crippen molar-refractivity contribution in [2.45, 2.75) is 20.0 Å². The minimum absolute atomic E-state index is 0.282. The van der Waals surface area contributed by atoms with Crippen LogP contribution in [-0.2, 0) is 13.1 Å². The summed E-state index contributed by atoms with van der Waals surface area (Å²) in [5.41, 5.74) is 2.54. The summed E-state index contributed by atoms with van der Waals surface area (Å²) in [7, 11) is 0. The largest absolute Gasteiger partial charge is 0.366 e. The number of rotatable bonds is 5. The fourth-order valence-corrected chi connectivity index (χ4v) is 3.58. The molecule has 1 aliphatic rings. The van der Waals surface area contributed by atoms with Gasteiger partial charge in [-0.2, -0.15) is 5.10 Å². The lowest BCUT2D eigenvalue weighted by atomic mass is 10.2. The van der Waals surface area contributed by atoms with E-state index < -0.39 is 11.6 Å². The van der Waals surface area contributed by atoms with Crippen molar-refractivity contribution in [1.29, 1.82) is 0 Å². The summed E-state index contributed by atoms with van der Waals surface area (Å²) in [6.07, 6.45) is 0. The van der Waals surface area contributed by atoms with Gasteiger partial charge in [-0.25, -0.2) is 8.78 Å². The molecule has 0 bridgehead atoms. The van der Waals surface area contributed by atoms with Crippen molar-refractivity contribution in [2.24, 2.45) is 0 Å². The maximum Gasteiger partial charge on any atom is 0.276 e. The Hall–Kier alpha value is -2.93. The summed E-state index contributed by atoms with van der Waals surface area (Å²) in [5, 5.41) is 5.23. The van der Waals surface area contributed by atoms with Gasteiger partial charge in [0.15, 0.2) is 11.6 Å². The van der Waals surface area contributed by atoms with Crippen molar-refractivity contribution in [3.05, 3.63) is 76.6 Å². The SMILES string of the molecule is CCN(Cc1cc2n(n1)CCN(c1ccc(F)c(F)c1)C2=O)c1ccc(Cl)cc1. The number of amides is 1. The second-order valence-electron chi connectivity index (χ2n) is 6.79. The highest BCUT2D eigenvalue weighted by Gasteiger charge is 2.28. The van der Waals surface area contributed by atoms with Crippen LogP contribution in [0.1, 0.15) is 23.1 Å². The number of nitrogens with zero attached hydrogens (tertiary/aromatic N) is 4. The summed E-state index contributed by atoms with van der Waals surface area (Å²) >= 11 is 5.97. The molecule has 29 heavy (non-hydrogen) atoms. The molecule has 4 rings (SSSR count). The normalized spacial score (nSPS) is 13.5. The Morgan fingerprint density at radius 3 is 2.52 bits per heavy atom. The van der Waals surface area contributed by atoms with Crippen LogP contribution < -0.4 is 9.80 Å². The van der Waals surface area contributed by atoms with E-state index in [0.29, 0.717) is 36.0 Å². The Kier molecular flexibility index (Phi) is 5.24. The van der Waals surface area contributed by atoms with Crippen molar-refractivity contribution in [3.8, 4) is 0 Å². The number of benzene rings is 2. The van der Waals surface area contributed by atoms with E-state index in [2.05, 4.69) is 10.00 Å².